The Morgan fingerprint density at radius 3 is 2.84 bits per heavy atom. The van der Waals surface area contributed by atoms with Gasteiger partial charge >= 0.3 is 0 Å². The van der Waals surface area contributed by atoms with Gasteiger partial charge in [-0.2, -0.15) is 0 Å². The summed E-state index contributed by atoms with van der Waals surface area (Å²) >= 11 is 0. The second-order valence-electron chi connectivity index (χ2n) is 8.02. The van der Waals surface area contributed by atoms with E-state index in [-0.39, 0.29) is 11.3 Å². The Hall–Kier alpha value is -2.56. The quantitative estimate of drug-likeness (QED) is 0.597. The molecule has 0 aliphatic carbocycles. The minimum Gasteiger partial charge on any atom is -0.381 e. The minimum atomic E-state index is -3.12. The maximum Gasteiger partial charge on any atom is 0.163 e. The zero-order chi connectivity index (χ0) is 21.4. The number of pyridine rings is 1. The predicted molar refractivity (Wildman–Crippen MR) is 118 cm³/mol. The molecule has 3 aromatic heterocycles. The lowest BCUT2D eigenvalue weighted by atomic mass is 10.1. The van der Waals surface area contributed by atoms with E-state index < -0.39 is 9.73 Å². The van der Waals surface area contributed by atoms with Crippen LogP contribution in [0.4, 0.5) is 5.82 Å². The van der Waals surface area contributed by atoms with Gasteiger partial charge in [-0.05, 0) is 31.9 Å². The Bertz CT molecular complexity index is 1190. The van der Waals surface area contributed by atoms with Crippen LogP contribution in [-0.4, -0.2) is 68.4 Å². The number of ether oxygens (including phenoxy) is 2. The van der Waals surface area contributed by atoms with E-state index in [9.17, 15) is 4.21 Å². The van der Waals surface area contributed by atoms with Crippen molar-refractivity contribution in [1.29, 1.82) is 4.78 Å². The number of rotatable bonds is 4. The summed E-state index contributed by atoms with van der Waals surface area (Å²) in [5.74, 6) is 1.15. The SMILES string of the molecule is C[C@@H]1COCCN1c1cc(S(=N)(=O)C2CCOCC2)nc(-c2ccnc3[nH]ccc23)n1. The van der Waals surface area contributed by atoms with Gasteiger partial charge in [0.2, 0.25) is 0 Å². The van der Waals surface area contributed by atoms with Crippen LogP contribution in [0.3, 0.4) is 0 Å². The molecule has 2 atom stereocenters. The molecule has 2 aliphatic heterocycles. The summed E-state index contributed by atoms with van der Waals surface area (Å²) in [6.07, 6.45) is 4.73. The van der Waals surface area contributed by atoms with E-state index in [0.29, 0.717) is 62.5 Å². The summed E-state index contributed by atoms with van der Waals surface area (Å²) in [4.78, 5) is 19.1. The smallest absolute Gasteiger partial charge is 0.163 e. The first-order valence-corrected chi connectivity index (χ1v) is 12.2. The van der Waals surface area contributed by atoms with Crippen molar-refractivity contribution in [3.63, 3.8) is 0 Å². The average Bonchev–Trinajstić information content (AvgIpc) is 3.29. The van der Waals surface area contributed by atoms with Crippen LogP contribution in [0.25, 0.3) is 22.4 Å². The molecule has 0 saturated carbocycles. The summed E-state index contributed by atoms with van der Waals surface area (Å²) in [5, 5.41) is 0.908. The highest BCUT2D eigenvalue weighted by Crippen LogP contribution is 2.31. The summed E-state index contributed by atoms with van der Waals surface area (Å²) in [6, 6.07) is 5.66. The van der Waals surface area contributed by atoms with Crippen molar-refractivity contribution >= 4 is 26.6 Å². The molecule has 2 aliphatic rings. The van der Waals surface area contributed by atoms with Crippen LogP contribution in [0, 0.1) is 4.78 Å². The van der Waals surface area contributed by atoms with E-state index in [0.717, 1.165) is 16.6 Å². The maximum atomic E-state index is 13.7. The van der Waals surface area contributed by atoms with E-state index in [1.165, 1.54) is 0 Å². The molecule has 2 saturated heterocycles. The molecule has 0 radical (unpaired) electrons. The van der Waals surface area contributed by atoms with E-state index in [2.05, 4.69) is 26.8 Å². The molecule has 0 aromatic carbocycles. The van der Waals surface area contributed by atoms with E-state index in [1.807, 2.05) is 18.3 Å². The van der Waals surface area contributed by atoms with Gasteiger partial charge in [0.1, 0.15) is 16.5 Å². The van der Waals surface area contributed by atoms with E-state index in [1.54, 1.807) is 12.3 Å². The number of nitrogens with one attached hydrogen (secondary N) is 2. The number of H-pyrrole nitrogens is 1. The molecule has 0 spiro atoms. The standard InChI is InChI=1S/C21H26N6O3S/c1-14-13-30-11-8-27(14)18-12-19(31(22,28)15-4-9-29-10-5-15)26-21(25-18)17-3-7-24-20-16(17)2-6-23-20/h2-3,6-7,12,14-15,22H,4-5,8-11,13H2,1H3,(H,23,24)/t14-,31?/m1/s1. The number of hydrogen-bond donors (Lipinski definition) is 2. The second kappa shape index (κ2) is 8.18. The minimum absolute atomic E-state index is 0.124. The molecular weight excluding hydrogens is 416 g/mol. The first kappa shape index (κ1) is 20.3. The number of anilines is 1. The fourth-order valence-corrected chi connectivity index (χ4v) is 5.94. The predicted octanol–water partition coefficient (Wildman–Crippen LogP) is 2.83. The lowest BCUT2D eigenvalue weighted by Crippen LogP contribution is -2.44. The fourth-order valence-electron chi connectivity index (χ4n) is 4.24. The Morgan fingerprint density at radius 2 is 2.03 bits per heavy atom. The monoisotopic (exact) mass is 442 g/mol. The van der Waals surface area contributed by atoms with Gasteiger partial charge in [-0.1, -0.05) is 0 Å². The molecule has 164 valence electrons. The van der Waals surface area contributed by atoms with Gasteiger partial charge in [-0.25, -0.2) is 23.9 Å². The summed E-state index contributed by atoms with van der Waals surface area (Å²) < 4.78 is 33.6. The number of aromatic nitrogens is 4. The zero-order valence-electron chi connectivity index (χ0n) is 17.4. The summed E-state index contributed by atoms with van der Waals surface area (Å²) in [6.45, 7) is 5.02. The van der Waals surface area contributed by atoms with E-state index in [4.69, 9.17) is 19.2 Å². The third-order valence-corrected chi connectivity index (χ3v) is 8.24. The molecule has 9 nitrogen and oxygen atoms in total. The Balaban J connectivity index is 1.66. The third-order valence-electron chi connectivity index (χ3n) is 6.00. The number of hydrogen-bond acceptors (Lipinski definition) is 8. The van der Waals surface area contributed by atoms with Crippen LogP contribution >= 0.6 is 0 Å². The highest BCUT2D eigenvalue weighted by molar-refractivity contribution is 7.93. The molecule has 10 heteroatoms. The molecule has 3 aromatic rings. The van der Waals surface area contributed by atoms with Crippen molar-refractivity contribution in [3.05, 3.63) is 30.6 Å². The van der Waals surface area contributed by atoms with Gasteiger partial charge in [0.15, 0.2) is 5.82 Å². The lowest BCUT2D eigenvalue weighted by Gasteiger charge is -2.34. The van der Waals surface area contributed by atoms with Crippen molar-refractivity contribution in [3.8, 4) is 11.4 Å². The van der Waals surface area contributed by atoms with Crippen molar-refractivity contribution in [2.75, 3.05) is 37.9 Å². The summed E-state index contributed by atoms with van der Waals surface area (Å²) in [7, 11) is -3.12. The molecule has 1 unspecified atom stereocenters. The Labute approximate surface area is 181 Å². The van der Waals surface area contributed by atoms with Gasteiger partial charge in [0, 0.05) is 49.2 Å². The molecule has 5 heterocycles. The average molecular weight is 443 g/mol. The van der Waals surface area contributed by atoms with Gasteiger partial charge in [-0.3, -0.25) is 0 Å². The zero-order valence-corrected chi connectivity index (χ0v) is 18.2. The van der Waals surface area contributed by atoms with Crippen molar-refractivity contribution in [1.82, 2.24) is 19.9 Å². The molecule has 0 amide bonds. The maximum absolute atomic E-state index is 13.7. The van der Waals surface area contributed by atoms with Crippen LogP contribution in [-0.2, 0) is 19.2 Å². The van der Waals surface area contributed by atoms with Gasteiger partial charge in [0.25, 0.3) is 0 Å². The van der Waals surface area contributed by atoms with Crippen molar-refractivity contribution in [2.24, 2.45) is 0 Å². The van der Waals surface area contributed by atoms with Crippen LogP contribution in [0.1, 0.15) is 19.8 Å². The lowest BCUT2D eigenvalue weighted by molar-refractivity contribution is 0.0983. The number of fused-ring (bicyclic) bond motifs is 1. The number of nitrogens with zero attached hydrogens (tertiary/aromatic N) is 4. The van der Waals surface area contributed by atoms with Crippen molar-refractivity contribution in [2.45, 2.75) is 36.1 Å². The van der Waals surface area contributed by atoms with Crippen molar-refractivity contribution < 1.29 is 13.7 Å². The molecule has 0 bridgehead atoms. The molecule has 5 rings (SSSR count). The molecule has 2 N–H and O–H groups in total. The van der Waals surface area contributed by atoms with Gasteiger partial charge < -0.3 is 19.4 Å². The Morgan fingerprint density at radius 1 is 1.19 bits per heavy atom. The number of aromatic amines is 1. The van der Waals surface area contributed by atoms with Crippen LogP contribution in [0.5, 0.6) is 0 Å². The summed E-state index contributed by atoms with van der Waals surface area (Å²) in [5.41, 5.74) is 1.54. The highest BCUT2D eigenvalue weighted by Gasteiger charge is 2.30. The van der Waals surface area contributed by atoms with Gasteiger partial charge in [-0.15, -0.1) is 0 Å². The Kier molecular flexibility index (Phi) is 5.37. The largest absolute Gasteiger partial charge is 0.381 e. The molecule has 31 heavy (non-hydrogen) atoms. The third kappa shape index (κ3) is 3.79. The van der Waals surface area contributed by atoms with Gasteiger partial charge in [0.05, 0.1) is 34.2 Å². The van der Waals surface area contributed by atoms with E-state index >= 15 is 0 Å². The first-order valence-electron chi connectivity index (χ1n) is 10.6. The van der Waals surface area contributed by atoms with Crippen LogP contribution in [0.15, 0.2) is 35.6 Å². The first-order chi connectivity index (χ1) is 15.0. The molecule has 2 fully saturated rings. The second-order valence-corrected chi connectivity index (χ2v) is 10.3. The normalized spacial score (nSPS) is 22.5. The molecular formula is C21H26N6O3S. The topological polar surface area (TPSA) is 117 Å². The highest BCUT2D eigenvalue weighted by atomic mass is 32.2. The van der Waals surface area contributed by atoms with Crippen LogP contribution in [0.2, 0.25) is 0 Å². The number of morpholine rings is 1. The fraction of sp³-hybridized carbons (Fsp3) is 0.476. The van der Waals surface area contributed by atoms with Crippen LogP contribution < -0.4 is 4.90 Å².